The molecule has 0 N–H and O–H groups in total. The fourth-order valence-electron chi connectivity index (χ4n) is 2.55. The largest absolute Gasteiger partial charge is 0.435 e. The van der Waals surface area contributed by atoms with Gasteiger partial charge in [0.05, 0.1) is 6.54 Å². The Morgan fingerprint density at radius 2 is 1.88 bits per heavy atom. The number of carbonyl (C=O) groups is 1. The molecule has 3 rings (SSSR count). The number of amidine groups is 1. The molecule has 0 amide bonds. The van der Waals surface area contributed by atoms with Gasteiger partial charge in [0.15, 0.2) is 11.0 Å². The van der Waals surface area contributed by atoms with Gasteiger partial charge in [-0.1, -0.05) is 30.0 Å². The first-order chi connectivity index (χ1) is 12.6. The van der Waals surface area contributed by atoms with Crippen LogP contribution in [0.4, 0.5) is 14.5 Å². The van der Waals surface area contributed by atoms with Crippen LogP contribution in [-0.4, -0.2) is 36.4 Å². The Morgan fingerprint density at radius 1 is 1.15 bits per heavy atom. The van der Waals surface area contributed by atoms with Crippen molar-refractivity contribution in [3.05, 3.63) is 60.2 Å². The highest BCUT2D eigenvalue weighted by Crippen LogP contribution is 2.23. The van der Waals surface area contributed by atoms with Crippen LogP contribution in [0.15, 0.2) is 59.6 Å². The minimum atomic E-state index is -2.88. The van der Waals surface area contributed by atoms with Gasteiger partial charge in [0.25, 0.3) is 0 Å². The first-order valence-electron chi connectivity index (χ1n) is 8.21. The monoisotopic (exact) mass is 376 g/mol. The summed E-state index contributed by atoms with van der Waals surface area (Å²) in [7, 11) is 0. The number of hydrogen-bond acceptors (Lipinski definition) is 5. The average Bonchev–Trinajstić information content (AvgIpc) is 2.67. The summed E-state index contributed by atoms with van der Waals surface area (Å²) in [4.78, 5) is 19.2. The van der Waals surface area contributed by atoms with E-state index in [2.05, 4.69) is 9.73 Å². The maximum absolute atomic E-state index is 12.7. The second-order valence-electron chi connectivity index (χ2n) is 5.61. The van der Waals surface area contributed by atoms with E-state index < -0.39 is 6.61 Å². The number of aliphatic imine (C=N–C) groups is 1. The lowest BCUT2D eigenvalue weighted by atomic mass is 10.1. The van der Waals surface area contributed by atoms with Crippen molar-refractivity contribution in [2.45, 2.75) is 13.0 Å². The Kier molecular flexibility index (Phi) is 6.22. The van der Waals surface area contributed by atoms with Crippen LogP contribution in [-0.2, 0) is 0 Å². The molecular formula is C19H18F2N2O2S. The van der Waals surface area contributed by atoms with Gasteiger partial charge in [-0.15, -0.1) is 0 Å². The Labute approximate surface area is 154 Å². The van der Waals surface area contributed by atoms with Crippen LogP contribution in [0, 0.1) is 0 Å². The Morgan fingerprint density at radius 3 is 2.50 bits per heavy atom. The maximum Gasteiger partial charge on any atom is 0.387 e. The van der Waals surface area contributed by atoms with Crippen LogP contribution in [0.2, 0.25) is 0 Å². The minimum absolute atomic E-state index is 0.0312. The standard InChI is InChI=1S/C19H18F2N2O2S/c20-18(21)25-16-9-7-14(8-10-16)17(24)13-23(15-5-2-1-3-6-15)19-22-11-4-12-26-19/h1-3,5-10,18H,4,11-13H2. The summed E-state index contributed by atoms with van der Waals surface area (Å²) in [6.07, 6.45) is 1.02. The number of ketones is 1. The van der Waals surface area contributed by atoms with Crippen molar-refractivity contribution >= 4 is 28.4 Å². The van der Waals surface area contributed by atoms with Crippen molar-refractivity contribution in [3.63, 3.8) is 0 Å². The molecule has 0 atom stereocenters. The SMILES string of the molecule is O=C(CN(C1=NCCCS1)c1ccccc1)c1ccc(OC(F)F)cc1. The van der Waals surface area contributed by atoms with E-state index in [0.717, 1.165) is 29.6 Å². The smallest absolute Gasteiger partial charge is 0.387 e. The number of anilines is 1. The number of rotatable bonds is 6. The van der Waals surface area contributed by atoms with E-state index in [1.54, 1.807) is 11.8 Å². The van der Waals surface area contributed by atoms with Gasteiger partial charge < -0.3 is 9.64 Å². The van der Waals surface area contributed by atoms with Crippen LogP contribution in [0.3, 0.4) is 0 Å². The number of hydrogen-bond donors (Lipinski definition) is 0. The molecule has 1 heterocycles. The van der Waals surface area contributed by atoms with Crippen LogP contribution in [0.25, 0.3) is 0 Å². The van der Waals surface area contributed by atoms with E-state index in [-0.39, 0.29) is 18.1 Å². The maximum atomic E-state index is 12.7. The third-order valence-corrected chi connectivity index (χ3v) is 4.88. The Balaban J connectivity index is 1.78. The van der Waals surface area contributed by atoms with Gasteiger partial charge in [-0.3, -0.25) is 9.79 Å². The summed E-state index contributed by atoms with van der Waals surface area (Å²) in [5.41, 5.74) is 1.33. The van der Waals surface area contributed by atoms with Gasteiger partial charge in [0, 0.05) is 23.5 Å². The lowest BCUT2D eigenvalue weighted by molar-refractivity contribution is -0.0498. The molecule has 136 valence electrons. The molecule has 0 radical (unpaired) electrons. The van der Waals surface area contributed by atoms with Crippen LogP contribution >= 0.6 is 11.8 Å². The molecule has 26 heavy (non-hydrogen) atoms. The second-order valence-corrected chi connectivity index (χ2v) is 6.68. The third kappa shape index (κ3) is 4.82. The molecule has 2 aromatic rings. The lowest BCUT2D eigenvalue weighted by Gasteiger charge is -2.27. The van der Waals surface area contributed by atoms with E-state index in [1.165, 1.54) is 24.3 Å². The minimum Gasteiger partial charge on any atom is -0.435 e. The van der Waals surface area contributed by atoms with E-state index in [4.69, 9.17) is 0 Å². The molecule has 0 aromatic heterocycles. The average molecular weight is 376 g/mol. The second kappa shape index (κ2) is 8.80. The molecule has 0 unspecified atom stereocenters. The summed E-state index contributed by atoms with van der Waals surface area (Å²) in [5, 5.41) is 0.827. The third-order valence-electron chi connectivity index (χ3n) is 3.78. The number of thioether (sulfide) groups is 1. The van der Waals surface area contributed by atoms with Crippen LogP contribution in [0.5, 0.6) is 5.75 Å². The normalized spacial score (nSPS) is 14.0. The summed E-state index contributed by atoms with van der Waals surface area (Å²) in [5.74, 6) is 0.880. The molecule has 1 aliphatic heterocycles. The van der Waals surface area contributed by atoms with Crippen LogP contribution in [0.1, 0.15) is 16.8 Å². The molecule has 4 nitrogen and oxygen atoms in total. The highest BCUT2D eigenvalue weighted by molar-refractivity contribution is 8.14. The number of para-hydroxylation sites is 1. The molecule has 0 saturated carbocycles. The zero-order valence-electron chi connectivity index (χ0n) is 14.0. The zero-order valence-corrected chi connectivity index (χ0v) is 14.8. The zero-order chi connectivity index (χ0) is 18.4. The quantitative estimate of drug-likeness (QED) is 0.698. The molecule has 7 heteroatoms. The summed E-state index contributed by atoms with van der Waals surface area (Å²) < 4.78 is 28.8. The van der Waals surface area contributed by atoms with Crippen molar-refractivity contribution in [2.24, 2.45) is 4.99 Å². The summed E-state index contributed by atoms with van der Waals surface area (Å²) in [6.45, 7) is -2.00. The lowest BCUT2D eigenvalue weighted by Crippen LogP contribution is -2.35. The van der Waals surface area contributed by atoms with Crippen molar-refractivity contribution in [2.75, 3.05) is 23.7 Å². The number of alkyl halides is 2. The summed E-state index contributed by atoms with van der Waals surface area (Å²) in [6, 6.07) is 15.4. The number of halogens is 2. The number of benzene rings is 2. The van der Waals surface area contributed by atoms with Gasteiger partial charge in [-0.25, -0.2) is 0 Å². The number of carbonyl (C=O) groups excluding carboxylic acids is 1. The predicted molar refractivity (Wildman–Crippen MR) is 101 cm³/mol. The molecule has 0 aliphatic carbocycles. The molecule has 1 aliphatic rings. The van der Waals surface area contributed by atoms with Crippen LogP contribution < -0.4 is 9.64 Å². The van der Waals surface area contributed by atoms with Crippen molar-refractivity contribution in [3.8, 4) is 5.75 Å². The molecule has 0 bridgehead atoms. The van der Waals surface area contributed by atoms with E-state index in [1.807, 2.05) is 35.2 Å². The van der Waals surface area contributed by atoms with Gasteiger partial charge in [0.1, 0.15) is 5.75 Å². The van der Waals surface area contributed by atoms with E-state index in [0.29, 0.717) is 5.56 Å². The van der Waals surface area contributed by atoms with Crippen molar-refractivity contribution in [1.29, 1.82) is 0 Å². The van der Waals surface area contributed by atoms with E-state index in [9.17, 15) is 13.6 Å². The molecule has 0 fully saturated rings. The molecule has 2 aromatic carbocycles. The topological polar surface area (TPSA) is 41.9 Å². The molecular weight excluding hydrogens is 358 g/mol. The van der Waals surface area contributed by atoms with E-state index >= 15 is 0 Å². The number of ether oxygens (including phenoxy) is 1. The van der Waals surface area contributed by atoms with Crippen molar-refractivity contribution in [1.82, 2.24) is 0 Å². The first kappa shape index (κ1) is 18.4. The predicted octanol–water partition coefficient (Wildman–Crippen LogP) is 4.47. The number of nitrogens with zero attached hydrogens (tertiary/aromatic N) is 2. The fraction of sp³-hybridized carbons (Fsp3) is 0.263. The highest BCUT2D eigenvalue weighted by atomic mass is 32.2. The summed E-state index contributed by atoms with van der Waals surface area (Å²) >= 11 is 1.63. The van der Waals surface area contributed by atoms with Gasteiger partial charge >= 0.3 is 6.61 Å². The fourth-order valence-corrected chi connectivity index (χ4v) is 3.51. The first-order valence-corrected chi connectivity index (χ1v) is 9.20. The van der Waals surface area contributed by atoms with Crippen molar-refractivity contribution < 1.29 is 18.3 Å². The van der Waals surface area contributed by atoms with Gasteiger partial charge in [0.2, 0.25) is 0 Å². The van der Waals surface area contributed by atoms with Gasteiger partial charge in [-0.05, 0) is 42.8 Å². The molecule has 0 saturated heterocycles. The molecule has 0 spiro atoms. The highest BCUT2D eigenvalue weighted by Gasteiger charge is 2.20. The Hall–Kier alpha value is -2.41. The number of Topliss-reactive ketones (excluding diaryl/α,β-unsaturated/α-hetero) is 1. The van der Waals surface area contributed by atoms with Gasteiger partial charge in [-0.2, -0.15) is 8.78 Å². The Bertz CT molecular complexity index is 767.